The molecule has 1 fully saturated rings. The number of rotatable bonds is 8. The summed E-state index contributed by atoms with van der Waals surface area (Å²) < 4.78 is 65.5. The molecule has 0 spiro atoms. The number of carbonyl (C=O) groups is 1. The van der Waals surface area contributed by atoms with Crippen molar-refractivity contribution in [3.63, 3.8) is 0 Å². The first-order chi connectivity index (χ1) is 14.4. The van der Waals surface area contributed by atoms with Gasteiger partial charge in [0.15, 0.2) is 18.0 Å². The van der Waals surface area contributed by atoms with E-state index < -0.39 is 60.1 Å². The highest BCUT2D eigenvalue weighted by atomic mass is 31.3. The van der Waals surface area contributed by atoms with Crippen LogP contribution in [-0.4, -0.2) is 66.2 Å². The normalized spacial score (nSPS) is 32.5. The number of phosphoric ester groups is 1. The highest BCUT2D eigenvalue weighted by Crippen LogP contribution is 2.66. The average Bonchev–Trinajstić information content (AvgIpc) is 2.85. The fourth-order valence-corrected chi connectivity index (χ4v) is 5.65. The largest absolute Gasteiger partial charge is 0.490 e. The topological polar surface area (TPSA) is 222 Å². The number of nitrogens with zero attached hydrogens (tertiary/aromatic N) is 1. The van der Waals surface area contributed by atoms with Crippen LogP contribution >= 0.6 is 23.5 Å². The molecule has 0 radical (unpaired) electrons. The van der Waals surface area contributed by atoms with Crippen LogP contribution in [0.15, 0.2) is 24.2 Å². The van der Waals surface area contributed by atoms with Crippen molar-refractivity contribution in [1.82, 2.24) is 10.2 Å². The number of aliphatic hydroxyl groups is 1. The number of nitrogens with one attached hydrogen (secondary N) is 1. The number of amides is 1. The summed E-state index contributed by atoms with van der Waals surface area (Å²) in [6.07, 6.45) is 0.303. The minimum Gasteiger partial charge on any atom is -0.386 e. The second kappa shape index (κ2) is 9.08. The Kier molecular flexibility index (Phi) is 7.61. The predicted molar refractivity (Wildman–Crippen MR) is 100 cm³/mol. The Morgan fingerprint density at radius 1 is 1.31 bits per heavy atom. The van der Waals surface area contributed by atoms with Gasteiger partial charge in [0.2, 0.25) is 0 Å². The zero-order valence-electron chi connectivity index (χ0n) is 16.0. The molecular formula is C13H18FN2O13P3. The first-order valence-corrected chi connectivity index (χ1v) is 12.7. The van der Waals surface area contributed by atoms with Crippen molar-refractivity contribution < 1.29 is 65.4 Å². The van der Waals surface area contributed by atoms with E-state index in [0.717, 1.165) is 11.1 Å². The van der Waals surface area contributed by atoms with Crippen LogP contribution < -0.4 is 5.32 Å². The van der Waals surface area contributed by atoms with Crippen molar-refractivity contribution in [3.05, 3.63) is 24.2 Å². The number of ether oxygens (including phenoxy) is 1. The number of aliphatic hydroxyl groups excluding tert-OH is 1. The van der Waals surface area contributed by atoms with Gasteiger partial charge in [0.25, 0.3) is 5.91 Å². The molecule has 15 nitrogen and oxygen atoms in total. The molecular weight excluding hydrogens is 504 g/mol. The van der Waals surface area contributed by atoms with Crippen molar-refractivity contribution in [2.75, 3.05) is 6.61 Å². The minimum absolute atomic E-state index is 0.120. The molecule has 0 bridgehead atoms. The molecule has 6 atom stereocenters. The van der Waals surface area contributed by atoms with Gasteiger partial charge in [-0.3, -0.25) is 9.32 Å². The van der Waals surface area contributed by atoms with Crippen LogP contribution in [-0.2, 0) is 36.4 Å². The van der Waals surface area contributed by atoms with E-state index in [2.05, 4.69) is 25.0 Å². The Morgan fingerprint density at radius 2 is 1.91 bits per heavy atom. The Bertz CT molecular complexity index is 1020. The second-order valence-electron chi connectivity index (χ2n) is 6.42. The second-order valence-corrected chi connectivity index (χ2v) is 10.8. The number of terminal acetylenes is 1. The number of carbonyl (C=O) groups excluding carboxylic acids is 1. The van der Waals surface area contributed by atoms with Gasteiger partial charge in [0.1, 0.15) is 18.5 Å². The number of hydrogen-bond acceptors (Lipinski definition) is 10. The Morgan fingerprint density at radius 3 is 2.44 bits per heavy atom. The maximum absolute atomic E-state index is 14.8. The monoisotopic (exact) mass is 522 g/mol. The molecule has 2 heterocycles. The summed E-state index contributed by atoms with van der Waals surface area (Å²) >= 11 is 0. The molecule has 19 heteroatoms. The fraction of sp³-hybridized carbons (Fsp3) is 0.462. The van der Waals surface area contributed by atoms with Crippen molar-refractivity contribution >= 4 is 29.4 Å². The van der Waals surface area contributed by atoms with Gasteiger partial charge in [0.05, 0.1) is 0 Å². The number of hydrogen-bond donors (Lipinski definition) is 6. The molecule has 32 heavy (non-hydrogen) atoms. The third-order valence-electron chi connectivity index (χ3n) is 4.02. The van der Waals surface area contributed by atoms with E-state index in [0.29, 0.717) is 0 Å². The van der Waals surface area contributed by atoms with Crippen molar-refractivity contribution in [1.29, 1.82) is 0 Å². The number of halogens is 1. The van der Waals surface area contributed by atoms with Crippen molar-refractivity contribution in [3.8, 4) is 12.3 Å². The highest BCUT2D eigenvalue weighted by Gasteiger charge is 2.58. The molecule has 180 valence electrons. The smallest absolute Gasteiger partial charge is 0.386 e. The van der Waals surface area contributed by atoms with Gasteiger partial charge in [-0.05, 0) is 6.92 Å². The van der Waals surface area contributed by atoms with Crippen LogP contribution in [0.4, 0.5) is 4.39 Å². The molecule has 0 aromatic rings. The lowest BCUT2D eigenvalue weighted by Crippen LogP contribution is -2.46. The van der Waals surface area contributed by atoms with Gasteiger partial charge in [-0.1, -0.05) is 12.5 Å². The lowest BCUT2D eigenvalue weighted by molar-refractivity contribution is -0.121. The molecule has 2 aliphatic rings. The SMILES string of the molecule is C#C[C@]1(COP(=O)(O)OP(=O)(O)OP(=O)(O)O)O[C@@H](N2C=C(C)C(=O)NC2=C)C(F)[C@H]1O. The summed E-state index contributed by atoms with van der Waals surface area (Å²) in [7, 11) is -17.0. The van der Waals surface area contributed by atoms with Crippen molar-refractivity contribution in [2.45, 2.75) is 31.0 Å². The van der Waals surface area contributed by atoms with Gasteiger partial charge < -0.3 is 39.6 Å². The summed E-state index contributed by atoms with van der Waals surface area (Å²) in [5.41, 5.74) is -2.33. The van der Waals surface area contributed by atoms with Crippen LogP contribution in [0.2, 0.25) is 0 Å². The average molecular weight is 522 g/mol. The quantitative estimate of drug-likeness (QED) is 0.176. The molecule has 0 aromatic carbocycles. The van der Waals surface area contributed by atoms with Crippen LogP contribution in [0, 0.1) is 12.3 Å². The maximum atomic E-state index is 14.8. The molecule has 2 rings (SSSR count). The molecule has 3 unspecified atom stereocenters. The van der Waals surface area contributed by atoms with E-state index in [-0.39, 0.29) is 11.4 Å². The van der Waals surface area contributed by atoms with E-state index in [4.69, 9.17) is 25.8 Å². The standard InChI is InChI=1S/C13H18FN2O13P3/c1-4-13(6-26-31(22,23)29-32(24,25)28-30(19,20)21)10(17)9(14)12(27-13)16-5-7(2)11(18)15-8(16)3/h1,5,9-10,12,17H,3,6H2,2H3,(H,15,18)(H,22,23)(H,24,25)(H2,19,20,21)/t9?,10-,12-,13-/m1/s1. The van der Waals surface area contributed by atoms with E-state index in [1.165, 1.54) is 6.92 Å². The molecule has 1 saturated heterocycles. The van der Waals surface area contributed by atoms with Gasteiger partial charge in [-0.25, -0.2) is 18.1 Å². The predicted octanol–water partition coefficient (Wildman–Crippen LogP) is -0.436. The highest BCUT2D eigenvalue weighted by molar-refractivity contribution is 7.66. The molecule has 2 aliphatic heterocycles. The van der Waals surface area contributed by atoms with E-state index in [1.54, 1.807) is 0 Å². The maximum Gasteiger partial charge on any atom is 0.490 e. The fourth-order valence-electron chi connectivity index (χ4n) is 2.60. The van der Waals surface area contributed by atoms with Crippen molar-refractivity contribution in [2.24, 2.45) is 0 Å². The summed E-state index contributed by atoms with van der Waals surface area (Å²) in [5, 5.41) is 12.6. The van der Waals surface area contributed by atoms with Crippen LogP contribution in [0.1, 0.15) is 6.92 Å². The first kappa shape index (κ1) is 26.8. The zero-order chi connectivity index (χ0) is 24.7. The summed E-state index contributed by atoms with van der Waals surface area (Å²) in [4.78, 5) is 48.3. The lowest BCUT2D eigenvalue weighted by atomic mass is 9.98. The van der Waals surface area contributed by atoms with Crippen LogP contribution in [0.25, 0.3) is 0 Å². The van der Waals surface area contributed by atoms with Gasteiger partial charge >= 0.3 is 23.5 Å². The molecule has 1 amide bonds. The van der Waals surface area contributed by atoms with E-state index in [1.807, 2.05) is 5.92 Å². The van der Waals surface area contributed by atoms with Gasteiger partial charge in [-0.2, -0.15) is 8.62 Å². The molecule has 0 aliphatic carbocycles. The minimum atomic E-state index is -5.81. The number of alkyl halides is 1. The summed E-state index contributed by atoms with van der Waals surface area (Å²) in [6, 6.07) is 0. The van der Waals surface area contributed by atoms with E-state index in [9.17, 15) is 32.9 Å². The first-order valence-electron chi connectivity index (χ1n) is 8.15. The summed E-state index contributed by atoms with van der Waals surface area (Å²) in [5.74, 6) is 1.19. The lowest BCUT2D eigenvalue weighted by Gasteiger charge is -2.34. The van der Waals surface area contributed by atoms with Gasteiger partial charge in [0, 0.05) is 11.8 Å². The molecule has 6 N–H and O–H groups in total. The van der Waals surface area contributed by atoms with E-state index >= 15 is 0 Å². The Labute approximate surface area is 179 Å². The molecule has 0 saturated carbocycles. The number of phosphoric acid groups is 3. The Balaban J connectivity index is 2.20. The zero-order valence-corrected chi connectivity index (χ0v) is 18.7. The third kappa shape index (κ3) is 6.12. The summed E-state index contributed by atoms with van der Waals surface area (Å²) in [6.45, 7) is 3.61. The Hall–Kier alpha value is -1.43. The molecule has 0 aromatic heterocycles. The van der Waals surface area contributed by atoms with Crippen LogP contribution in [0.3, 0.4) is 0 Å². The van der Waals surface area contributed by atoms with Gasteiger partial charge in [-0.15, -0.1) is 6.42 Å². The third-order valence-corrected chi connectivity index (χ3v) is 7.80. The van der Waals surface area contributed by atoms with Crippen LogP contribution in [0.5, 0.6) is 0 Å².